The van der Waals surface area contributed by atoms with Gasteiger partial charge in [-0.25, -0.2) is 9.59 Å². The molecule has 0 aromatic heterocycles. The molecule has 4 saturated carbocycles. The molecule has 7 nitrogen and oxygen atoms in total. The van der Waals surface area contributed by atoms with Gasteiger partial charge in [0.25, 0.3) is 0 Å². The zero-order valence-corrected chi connectivity index (χ0v) is 29.0. The highest BCUT2D eigenvalue weighted by atomic mass is 16.5. The van der Waals surface area contributed by atoms with E-state index in [0.717, 1.165) is 51.4 Å². The van der Waals surface area contributed by atoms with Crippen LogP contribution in [0.2, 0.25) is 0 Å². The van der Waals surface area contributed by atoms with E-state index in [1.165, 1.54) is 24.8 Å². The molecule has 0 spiro atoms. The molecule has 6 rings (SSSR count). The predicted molar refractivity (Wildman–Crippen MR) is 174 cm³/mol. The van der Waals surface area contributed by atoms with Crippen LogP contribution in [0.4, 0.5) is 0 Å². The molecule has 250 valence electrons. The average Bonchev–Trinajstić information content (AvgIpc) is 2.99. The number of carbonyl (C=O) groups excluding carboxylic acids is 3. The summed E-state index contributed by atoms with van der Waals surface area (Å²) in [5.74, 6) is -1.53. The highest BCUT2D eigenvalue weighted by Gasteiger charge is 2.70. The van der Waals surface area contributed by atoms with Crippen molar-refractivity contribution in [1.82, 2.24) is 0 Å². The zero-order chi connectivity index (χ0) is 33.7. The molecule has 5 aliphatic rings. The van der Waals surface area contributed by atoms with Gasteiger partial charge in [-0.05, 0) is 116 Å². The molecule has 1 aromatic carbocycles. The average molecular weight is 633 g/mol. The molecule has 1 aromatic rings. The largest absolute Gasteiger partial charge is 0.478 e. The third kappa shape index (κ3) is 4.42. The summed E-state index contributed by atoms with van der Waals surface area (Å²) in [5, 5.41) is 9.65. The number of carboxylic acids is 1. The lowest BCUT2D eigenvalue weighted by Gasteiger charge is -2.70. The molecule has 0 saturated heterocycles. The fourth-order valence-electron chi connectivity index (χ4n) is 11.8. The van der Waals surface area contributed by atoms with Crippen molar-refractivity contribution in [3.63, 3.8) is 0 Å². The first kappa shape index (κ1) is 33.0. The van der Waals surface area contributed by atoms with Gasteiger partial charge in [-0.1, -0.05) is 59.2 Å². The van der Waals surface area contributed by atoms with Gasteiger partial charge in [0.05, 0.1) is 23.7 Å². The maximum Gasteiger partial charge on any atom is 0.339 e. The topological polar surface area (TPSA) is 107 Å². The Bertz CT molecular complexity index is 1520. The van der Waals surface area contributed by atoms with Crippen LogP contribution in [0.25, 0.3) is 0 Å². The van der Waals surface area contributed by atoms with Gasteiger partial charge in [-0.2, -0.15) is 0 Å². The standard InChI is InChI=1S/C39H52O7/c1-34(2)28-13-16-39(7)30(37(28,5)15-14-29(34)46-32(43)24-12-10-9-11-23(24)31(41)42)27(40)21-25-26-22-36(4,33(44)45-8)18-17-35(26,3)19-20-38(25,39)6/h9-12,21,26,28-30H,13-20,22H2,1-8H3,(H,41,42)/t26-,28+,29+,30-,35-,36+,37+,38-,39-/m1/s1. The molecule has 5 aliphatic carbocycles. The van der Waals surface area contributed by atoms with Crippen molar-refractivity contribution in [2.75, 3.05) is 7.11 Å². The molecule has 0 amide bonds. The van der Waals surface area contributed by atoms with Gasteiger partial charge in [0.2, 0.25) is 0 Å². The van der Waals surface area contributed by atoms with Crippen molar-refractivity contribution < 1.29 is 33.8 Å². The van der Waals surface area contributed by atoms with Crippen molar-refractivity contribution >= 4 is 23.7 Å². The number of methoxy groups -OCH3 is 1. The van der Waals surface area contributed by atoms with Gasteiger partial charge in [-0.15, -0.1) is 0 Å². The van der Waals surface area contributed by atoms with Gasteiger partial charge in [-0.3, -0.25) is 9.59 Å². The molecular formula is C39H52O7. The molecular weight excluding hydrogens is 580 g/mol. The number of rotatable bonds is 4. The van der Waals surface area contributed by atoms with Crippen molar-refractivity contribution in [1.29, 1.82) is 0 Å². The second-order valence-corrected chi connectivity index (χ2v) is 17.3. The van der Waals surface area contributed by atoms with E-state index in [1.54, 1.807) is 12.1 Å². The number of hydrogen-bond acceptors (Lipinski definition) is 6. The fourth-order valence-corrected chi connectivity index (χ4v) is 11.8. The number of allylic oxidation sites excluding steroid dienone is 2. The Hall–Kier alpha value is -2.96. The number of aromatic carboxylic acids is 1. The minimum Gasteiger partial charge on any atom is -0.478 e. The maximum absolute atomic E-state index is 14.7. The normalized spacial score (nSPS) is 42.7. The van der Waals surface area contributed by atoms with Crippen LogP contribution in [0.5, 0.6) is 0 Å². The second kappa shape index (κ2) is 10.5. The van der Waals surface area contributed by atoms with E-state index in [9.17, 15) is 24.3 Å². The quantitative estimate of drug-likeness (QED) is 0.335. The maximum atomic E-state index is 14.7. The van der Waals surface area contributed by atoms with E-state index in [2.05, 4.69) is 41.5 Å². The van der Waals surface area contributed by atoms with Gasteiger partial charge in [0, 0.05) is 11.3 Å². The molecule has 0 radical (unpaired) electrons. The number of ether oxygens (including phenoxy) is 2. The first-order valence-corrected chi connectivity index (χ1v) is 17.3. The number of carboxylic acid groups (broad SMARTS) is 1. The van der Waals surface area contributed by atoms with Gasteiger partial charge >= 0.3 is 17.9 Å². The van der Waals surface area contributed by atoms with E-state index in [-0.39, 0.29) is 62.3 Å². The van der Waals surface area contributed by atoms with E-state index >= 15 is 0 Å². The molecule has 0 bridgehead atoms. The van der Waals surface area contributed by atoms with Crippen molar-refractivity contribution in [3.05, 3.63) is 47.0 Å². The van der Waals surface area contributed by atoms with Crippen LogP contribution in [0.15, 0.2) is 35.9 Å². The Morgan fingerprint density at radius 1 is 0.848 bits per heavy atom. The molecule has 4 fully saturated rings. The first-order valence-electron chi connectivity index (χ1n) is 17.3. The monoisotopic (exact) mass is 632 g/mol. The van der Waals surface area contributed by atoms with Crippen LogP contribution >= 0.6 is 0 Å². The Labute approximate surface area is 273 Å². The van der Waals surface area contributed by atoms with Crippen LogP contribution in [-0.4, -0.2) is 42.0 Å². The SMILES string of the molecule is COC(=O)[C@@]1(C)CC[C@]2(C)CC[C@]3(C)C(=CC(=O)[C@@H]4[C@@]5(C)CC[C@H](OC(=O)c6ccccc6C(=O)O)C(C)(C)[C@@H]5CC[C@]43C)[C@H]2C1. The minimum absolute atomic E-state index is 0.0588. The number of fused-ring (bicyclic) bond motifs is 7. The number of hydrogen-bond donors (Lipinski definition) is 1. The lowest BCUT2D eigenvalue weighted by molar-refractivity contribution is -0.202. The molecule has 46 heavy (non-hydrogen) atoms. The van der Waals surface area contributed by atoms with E-state index < -0.39 is 28.9 Å². The molecule has 1 N–H and O–H groups in total. The zero-order valence-electron chi connectivity index (χ0n) is 29.0. The molecule has 0 heterocycles. The van der Waals surface area contributed by atoms with Gasteiger partial charge in [0.1, 0.15) is 6.10 Å². The van der Waals surface area contributed by atoms with Crippen LogP contribution in [0.1, 0.15) is 127 Å². The summed E-state index contributed by atoms with van der Waals surface area (Å²) >= 11 is 0. The predicted octanol–water partition coefficient (Wildman–Crippen LogP) is 8.06. The Morgan fingerprint density at radius 3 is 2.15 bits per heavy atom. The highest BCUT2D eigenvalue weighted by Crippen LogP contribution is 2.75. The summed E-state index contributed by atoms with van der Waals surface area (Å²) in [7, 11) is 1.48. The molecule has 9 atom stereocenters. The number of ketones is 1. The first-order chi connectivity index (χ1) is 21.4. The molecule has 0 aliphatic heterocycles. The third-order valence-corrected chi connectivity index (χ3v) is 14.8. The summed E-state index contributed by atoms with van der Waals surface area (Å²) in [6, 6.07) is 6.20. The lowest BCUT2D eigenvalue weighted by atomic mass is 9.33. The second-order valence-electron chi connectivity index (χ2n) is 17.3. The lowest BCUT2D eigenvalue weighted by Crippen LogP contribution is -2.66. The van der Waals surface area contributed by atoms with E-state index in [1.807, 2.05) is 13.0 Å². The van der Waals surface area contributed by atoms with Crippen molar-refractivity contribution in [2.24, 2.45) is 50.2 Å². The van der Waals surface area contributed by atoms with Crippen molar-refractivity contribution in [3.8, 4) is 0 Å². The van der Waals surface area contributed by atoms with Crippen LogP contribution < -0.4 is 0 Å². The smallest absolute Gasteiger partial charge is 0.339 e. The van der Waals surface area contributed by atoms with Crippen LogP contribution in [0, 0.1) is 50.2 Å². The number of carbonyl (C=O) groups is 4. The number of benzene rings is 1. The number of esters is 2. The Kier molecular flexibility index (Phi) is 7.54. The Morgan fingerprint density at radius 2 is 1.50 bits per heavy atom. The summed E-state index contributed by atoms with van der Waals surface area (Å²) in [6.07, 6.45) is 9.44. The van der Waals surface area contributed by atoms with Crippen LogP contribution in [0.3, 0.4) is 0 Å². The van der Waals surface area contributed by atoms with E-state index in [0.29, 0.717) is 6.42 Å². The summed E-state index contributed by atoms with van der Waals surface area (Å²) in [6.45, 7) is 15.8. The summed E-state index contributed by atoms with van der Waals surface area (Å²) in [5.41, 5.74) is -0.305. The Balaban J connectivity index is 1.33. The van der Waals surface area contributed by atoms with Gasteiger partial charge in [0.15, 0.2) is 5.78 Å². The summed E-state index contributed by atoms with van der Waals surface area (Å²) < 4.78 is 11.4. The minimum atomic E-state index is -1.16. The van der Waals surface area contributed by atoms with Gasteiger partial charge < -0.3 is 14.6 Å². The van der Waals surface area contributed by atoms with E-state index in [4.69, 9.17) is 9.47 Å². The third-order valence-electron chi connectivity index (χ3n) is 14.8. The van der Waals surface area contributed by atoms with Crippen LogP contribution in [-0.2, 0) is 19.1 Å². The highest BCUT2D eigenvalue weighted by molar-refractivity contribution is 6.02. The van der Waals surface area contributed by atoms with Crippen molar-refractivity contribution in [2.45, 2.75) is 112 Å². The summed E-state index contributed by atoms with van der Waals surface area (Å²) in [4.78, 5) is 52.8. The molecule has 7 heteroatoms. The fraction of sp³-hybridized carbons (Fsp3) is 0.692. The molecule has 0 unspecified atom stereocenters.